The second kappa shape index (κ2) is 19.6. The number of aryl methyl sites for hydroxylation is 1. The summed E-state index contributed by atoms with van der Waals surface area (Å²) < 4.78 is 44.8. The van der Waals surface area contributed by atoms with E-state index in [1.54, 1.807) is 66.2 Å². The summed E-state index contributed by atoms with van der Waals surface area (Å²) in [6.45, 7) is 7.23. The first-order valence-corrected chi connectivity index (χ1v) is 20.5. The number of amidine groups is 1. The van der Waals surface area contributed by atoms with Crippen molar-refractivity contribution in [3.05, 3.63) is 93.0 Å². The van der Waals surface area contributed by atoms with Crippen LogP contribution in [0.25, 0.3) is 0 Å². The molecule has 17 heteroatoms. The minimum atomic E-state index is -4.13. The van der Waals surface area contributed by atoms with Gasteiger partial charge in [-0.15, -0.1) is 0 Å². The van der Waals surface area contributed by atoms with Gasteiger partial charge in [-0.2, -0.15) is 0 Å². The highest BCUT2D eigenvalue weighted by Crippen LogP contribution is 2.46. The zero-order valence-electron chi connectivity index (χ0n) is 32.6. The van der Waals surface area contributed by atoms with E-state index >= 15 is 4.79 Å². The summed E-state index contributed by atoms with van der Waals surface area (Å²) in [7, 11) is 1.64. The number of piperazine rings is 1. The summed E-state index contributed by atoms with van der Waals surface area (Å²) in [5.41, 5.74) is 2.29. The lowest BCUT2D eigenvalue weighted by atomic mass is 9.93. The van der Waals surface area contributed by atoms with Gasteiger partial charge in [0.15, 0.2) is 0 Å². The summed E-state index contributed by atoms with van der Waals surface area (Å²) in [6, 6.07) is 16.0. The molecule has 304 valence electrons. The van der Waals surface area contributed by atoms with Crippen molar-refractivity contribution in [2.24, 2.45) is 4.99 Å². The van der Waals surface area contributed by atoms with Gasteiger partial charge in [-0.25, -0.2) is 13.2 Å². The molecule has 0 spiro atoms. The molecular weight excluding hydrogens is 783 g/mol. The van der Waals surface area contributed by atoms with Crippen LogP contribution in [0, 0.1) is 6.92 Å². The number of methoxy groups -OCH3 is 2. The predicted octanol–water partition coefficient (Wildman–Crippen LogP) is 5.29. The van der Waals surface area contributed by atoms with Crippen molar-refractivity contribution in [2.75, 3.05) is 94.0 Å². The van der Waals surface area contributed by atoms with Crippen LogP contribution in [0.15, 0.2) is 70.6 Å². The standard InChI is InChI=1S/C39H50Cl2N6O8S/c1-7-55-33-24-27(2)34(56(50,51)43(3)54-6)25-32(33)38-42-36(28-8-12-30(40)13-9-28)37(29-10-14-31(41)15-11-29)47(38)39(49)46-18-16-44(17-19-46)26-35(48)45(20-22-52-4)21-23-53-5/h8-15,24-25,36-37H,7,16-23,26H2,1-6H3/t36-,37+/m0/s1. The van der Waals surface area contributed by atoms with Gasteiger partial charge in [-0.3, -0.25) is 24.4 Å². The number of carbonyl (C=O) groups is 2. The Morgan fingerprint density at radius 2 is 1.45 bits per heavy atom. The predicted molar refractivity (Wildman–Crippen MR) is 215 cm³/mol. The highest BCUT2D eigenvalue weighted by Gasteiger charge is 2.45. The lowest BCUT2D eigenvalue weighted by Gasteiger charge is -2.39. The highest BCUT2D eigenvalue weighted by molar-refractivity contribution is 7.89. The average Bonchev–Trinajstić information content (AvgIpc) is 3.58. The van der Waals surface area contributed by atoms with Crippen LogP contribution < -0.4 is 4.74 Å². The van der Waals surface area contributed by atoms with Gasteiger partial charge in [0.25, 0.3) is 10.0 Å². The van der Waals surface area contributed by atoms with Crippen molar-refractivity contribution in [3.63, 3.8) is 0 Å². The number of hydrogen-bond acceptors (Lipinski definition) is 10. The molecule has 3 amide bonds. The third-order valence-electron chi connectivity index (χ3n) is 9.87. The molecule has 3 aromatic carbocycles. The van der Waals surface area contributed by atoms with Crippen molar-refractivity contribution < 1.29 is 37.1 Å². The number of hydroxylamine groups is 1. The number of nitrogens with zero attached hydrogens (tertiary/aromatic N) is 6. The van der Waals surface area contributed by atoms with E-state index in [9.17, 15) is 13.2 Å². The summed E-state index contributed by atoms with van der Waals surface area (Å²) in [4.78, 5) is 45.9. The van der Waals surface area contributed by atoms with Crippen LogP contribution in [-0.2, 0) is 29.1 Å². The Morgan fingerprint density at radius 1 is 0.875 bits per heavy atom. The largest absolute Gasteiger partial charge is 0.493 e. The Balaban J connectivity index is 1.57. The fourth-order valence-corrected chi connectivity index (χ4v) is 8.24. The van der Waals surface area contributed by atoms with Gasteiger partial charge in [0.05, 0.1) is 50.0 Å². The van der Waals surface area contributed by atoms with E-state index in [1.165, 1.54) is 20.2 Å². The Kier molecular flexibility index (Phi) is 15.1. The van der Waals surface area contributed by atoms with Crippen LogP contribution >= 0.6 is 23.2 Å². The first-order valence-electron chi connectivity index (χ1n) is 18.3. The number of ether oxygens (including phenoxy) is 3. The fraction of sp³-hybridized carbons (Fsp3) is 0.462. The number of hydrogen-bond donors (Lipinski definition) is 0. The Morgan fingerprint density at radius 3 is 1.98 bits per heavy atom. The van der Waals surface area contributed by atoms with Crippen LogP contribution in [0.1, 0.15) is 41.3 Å². The van der Waals surface area contributed by atoms with E-state index in [0.717, 1.165) is 15.6 Å². The zero-order valence-corrected chi connectivity index (χ0v) is 34.9. The molecule has 2 aliphatic heterocycles. The van der Waals surface area contributed by atoms with E-state index in [1.807, 2.05) is 36.1 Å². The monoisotopic (exact) mass is 832 g/mol. The van der Waals surface area contributed by atoms with Crippen LogP contribution in [0.2, 0.25) is 10.0 Å². The number of urea groups is 1. The zero-order chi connectivity index (χ0) is 40.6. The number of benzene rings is 3. The highest BCUT2D eigenvalue weighted by atomic mass is 35.5. The molecule has 2 heterocycles. The third kappa shape index (κ3) is 9.83. The maximum atomic E-state index is 15.1. The second-order valence-corrected chi connectivity index (χ2v) is 16.1. The molecular formula is C39H50Cl2N6O8S. The Labute approximate surface area is 339 Å². The molecule has 0 radical (unpaired) electrons. The van der Waals surface area contributed by atoms with E-state index in [0.29, 0.717) is 79.4 Å². The Hall–Kier alpha value is -3.80. The summed E-state index contributed by atoms with van der Waals surface area (Å²) in [6.07, 6.45) is 0. The summed E-state index contributed by atoms with van der Waals surface area (Å²) in [5, 5.41) is 1.06. The van der Waals surface area contributed by atoms with Crippen LogP contribution in [0.3, 0.4) is 0 Å². The third-order valence-corrected chi connectivity index (χ3v) is 12.2. The van der Waals surface area contributed by atoms with Crippen molar-refractivity contribution in [1.82, 2.24) is 24.1 Å². The van der Waals surface area contributed by atoms with Crippen molar-refractivity contribution >= 4 is 51.0 Å². The maximum Gasteiger partial charge on any atom is 0.326 e. The molecule has 0 saturated carbocycles. The van der Waals surface area contributed by atoms with Gasteiger partial charge < -0.3 is 24.0 Å². The van der Waals surface area contributed by atoms with Gasteiger partial charge >= 0.3 is 6.03 Å². The molecule has 2 aliphatic rings. The molecule has 0 aliphatic carbocycles. The molecule has 3 aromatic rings. The number of rotatable bonds is 16. The number of aliphatic imine (C=N–C) groups is 1. The summed E-state index contributed by atoms with van der Waals surface area (Å²) in [5.74, 6) is 0.551. The van der Waals surface area contributed by atoms with Gasteiger partial charge in [0.1, 0.15) is 17.6 Å². The minimum Gasteiger partial charge on any atom is -0.493 e. The molecule has 14 nitrogen and oxygen atoms in total. The van der Waals surface area contributed by atoms with E-state index in [2.05, 4.69) is 0 Å². The SMILES string of the molecule is CCOc1cc(C)c(S(=O)(=O)N(C)OC)cc1C1=N[C@@H](c2ccc(Cl)cc2)[C@@H](c2ccc(Cl)cc2)N1C(=O)N1CCN(CC(=O)N(CCOC)CCOC)CC1. The fourth-order valence-electron chi connectivity index (χ4n) is 6.79. The van der Waals surface area contributed by atoms with Crippen LogP contribution in [0.4, 0.5) is 4.79 Å². The maximum absolute atomic E-state index is 15.1. The molecule has 5 rings (SSSR count). The molecule has 0 N–H and O–H groups in total. The smallest absolute Gasteiger partial charge is 0.326 e. The first-order chi connectivity index (χ1) is 26.8. The van der Waals surface area contributed by atoms with Gasteiger partial charge in [0, 0.05) is 70.6 Å². The summed E-state index contributed by atoms with van der Waals surface area (Å²) >= 11 is 12.7. The number of sulfonamides is 1. The molecule has 1 fully saturated rings. The number of amides is 3. The first kappa shape index (κ1) is 43.3. The van der Waals surface area contributed by atoms with Gasteiger partial charge in [-0.05, 0) is 66.9 Å². The van der Waals surface area contributed by atoms with Gasteiger partial charge in [0.2, 0.25) is 5.91 Å². The molecule has 0 aromatic heterocycles. The molecule has 0 unspecified atom stereocenters. The molecule has 0 bridgehead atoms. The van der Waals surface area contributed by atoms with E-state index in [-0.39, 0.29) is 35.8 Å². The van der Waals surface area contributed by atoms with Crippen molar-refractivity contribution in [2.45, 2.75) is 30.8 Å². The Bertz CT molecular complexity index is 1950. The van der Waals surface area contributed by atoms with Crippen LogP contribution in [-0.4, -0.2) is 144 Å². The number of carbonyl (C=O) groups excluding carboxylic acids is 2. The van der Waals surface area contributed by atoms with E-state index < -0.39 is 22.1 Å². The quantitative estimate of drug-likeness (QED) is 0.177. The topological polar surface area (TPSA) is 134 Å². The second-order valence-electron chi connectivity index (χ2n) is 13.4. The van der Waals surface area contributed by atoms with E-state index in [4.69, 9.17) is 47.2 Å². The normalized spacial score (nSPS) is 17.7. The van der Waals surface area contributed by atoms with Gasteiger partial charge in [-0.1, -0.05) is 51.9 Å². The van der Waals surface area contributed by atoms with Crippen molar-refractivity contribution in [1.29, 1.82) is 0 Å². The lowest BCUT2D eigenvalue weighted by molar-refractivity contribution is -0.134. The molecule has 1 saturated heterocycles. The molecule has 2 atom stereocenters. The molecule has 56 heavy (non-hydrogen) atoms. The minimum absolute atomic E-state index is 0.0308. The average molecular weight is 834 g/mol. The lowest BCUT2D eigenvalue weighted by Crippen LogP contribution is -2.55. The number of halogens is 2. The van der Waals surface area contributed by atoms with Crippen LogP contribution in [0.5, 0.6) is 5.75 Å². The van der Waals surface area contributed by atoms with Crippen molar-refractivity contribution in [3.8, 4) is 5.75 Å².